The molecule has 0 radical (unpaired) electrons. The molecule has 1 aromatic rings. The molecule has 0 fully saturated rings. The number of aliphatic hydroxyl groups excluding tert-OH is 1. The van der Waals surface area contributed by atoms with E-state index >= 15 is 0 Å². The first-order valence-corrected chi connectivity index (χ1v) is 6.75. The van der Waals surface area contributed by atoms with Crippen molar-refractivity contribution in [3.05, 3.63) is 47.4 Å². The average Bonchev–Trinajstić information content (AvgIpc) is 2.49. The van der Waals surface area contributed by atoms with Crippen molar-refractivity contribution in [1.82, 2.24) is 0 Å². The highest BCUT2D eigenvalue weighted by molar-refractivity contribution is 6.18. The molecule has 0 bridgehead atoms. The van der Waals surface area contributed by atoms with Gasteiger partial charge in [-0.25, -0.2) is 4.79 Å². The Morgan fingerprint density at radius 3 is 2.45 bits per heavy atom. The third kappa shape index (κ3) is 5.28. The van der Waals surface area contributed by atoms with E-state index in [1.54, 1.807) is 13.8 Å². The third-order valence-electron chi connectivity index (χ3n) is 2.40. The van der Waals surface area contributed by atoms with E-state index in [0.29, 0.717) is 0 Å². The second-order valence-corrected chi connectivity index (χ2v) is 3.97. The number of ether oxygens (including phenoxy) is 2. The van der Waals surface area contributed by atoms with Crippen LogP contribution in [0.25, 0.3) is 0 Å². The molecule has 0 aromatic heterocycles. The quantitative estimate of drug-likeness (QED) is 0.199. The molecule has 7 nitrogen and oxygen atoms in total. The van der Waals surface area contributed by atoms with Gasteiger partial charge in [-0.2, -0.15) is 5.10 Å². The second-order valence-electron chi connectivity index (χ2n) is 3.97. The maximum absolute atomic E-state index is 11.8. The van der Waals surface area contributed by atoms with E-state index < -0.39 is 11.9 Å². The highest BCUT2D eigenvalue weighted by atomic mass is 16.6. The number of nitrogens with zero attached hydrogens (tertiary/aromatic N) is 2. The molecule has 0 atom stereocenters. The van der Waals surface area contributed by atoms with Gasteiger partial charge in [0.05, 0.1) is 19.4 Å². The number of hydrogen-bond acceptors (Lipinski definition) is 6. The van der Waals surface area contributed by atoms with E-state index in [1.165, 1.54) is 6.21 Å². The summed E-state index contributed by atoms with van der Waals surface area (Å²) in [5, 5.41) is 17.2. The second kappa shape index (κ2) is 9.17. The zero-order valence-electron chi connectivity index (χ0n) is 12.5. The van der Waals surface area contributed by atoms with Crippen molar-refractivity contribution < 1.29 is 19.4 Å². The largest absolute Gasteiger partial charge is 0.480 e. The lowest BCUT2D eigenvalue weighted by molar-refractivity contribution is -0.138. The van der Waals surface area contributed by atoms with E-state index in [0.717, 1.165) is 5.56 Å². The molecule has 0 aliphatic carbocycles. The minimum absolute atomic E-state index is 0.127. The lowest BCUT2D eigenvalue weighted by Crippen LogP contribution is -2.25. The van der Waals surface area contributed by atoms with Crippen molar-refractivity contribution in [3.8, 4) is 0 Å². The van der Waals surface area contributed by atoms with Gasteiger partial charge in [-0.15, -0.1) is 5.10 Å². The molecule has 0 heterocycles. The Hall–Kier alpha value is -2.83. The highest BCUT2D eigenvalue weighted by Crippen LogP contribution is 2.07. The maximum Gasteiger partial charge on any atom is 0.349 e. The predicted molar refractivity (Wildman–Crippen MR) is 83.6 cm³/mol. The number of benzene rings is 1. The molecule has 1 rings (SSSR count). The number of hydrogen-bond donors (Lipinski definition) is 2. The summed E-state index contributed by atoms with van der Waals surface area (Å²) in [5.41, 5.74) is 6.14. The fraction of sp³-hybridized carbons (Fsp3) is 0.267. The van der Waals surface area contributed by atoms with Crippen LogP contribution in [0.1, 0.15) is 19.4 Å². The van der Waals surface area contributed by atoms with Crippen LogP contribution in [-0.4, -0.2) is 36.3 Å². The fourth-order valence-electron chi connectivity index (χ4n) is 1.46. The Morgan fingerprint density at radius 2 is 1.86 bits per heavy atom. The minimum atomic E-state index is -0.829. The topological polar surface area (TPSA) is 107 Å². The standard InChI is InChI=1S/C15H19N3O4/c1-3-21-14(19)12(15(20)22-4-2)13(16)18-17-10-11-8-6-5-7-9-11/h5-10,19H,3-4H2,1-2H3,(H2,16,18)/b14-12?,17-10-. The molecule has 22 heavy (non-hydrogen) atoms. The van der Waals surface area contributed by atoms with Gasteiger partial charge in [-0.1, -0.05) is 30.3 Å². The van der Waals surface area contributed by atoms with Gasteiger partial charge in [-0.05, 0) is 19.4 Å². The highest BCUT2D eigenvalue weighted by Gasteiger charge is 2.22. The molecule has 0 amide bonds. The van der Waals surface area contributed by atoms with Gasteiger partial charge in [-0.3, -0.25) is 0 Å². The SMILES string of the molecule is CCOC(=O)C(C(N)=N/N=C\c1ccccc1)=C(O)OCC. The van der Waals surface area contributed by atoms with Crippen molar-refractivity contribution in [3.63, 3.8) is 0 Å². The number of nitrogens with two attached hydrogens (primary N) is 1. The summed E-state index contributed by atoms with van der Waals surface area (Å²) in [6, 6.07) is 9.22. The van der Waals surface area contributed by atoms with Gasteiger partial charge in [0, 0.05) is 0 Å². The number of aliphatic hydroxyl groups is 1. The molecule has 0 spiro atoms. The minimum Gasteiger partial charge on any atom is -0.480 e. The van der Waals surface area contributed by atoms with E-state index in [1.807, 2.05) is 30.3 Å². The van der Waals surface area contributed by atoms with Crippen LogP contribution in [0.2, 0.25) is 0 Å². The van der Waals surface area contributed by atoms with Gasteiger partial charge in [0.1, 0.15) is 0 Å². The van der Waals surface area contributed by atoms with Crippen LogP contribution < -0.4 is 5.73 Å². The summed E-state index contributed by atoms with van der Waals surface area (Å²) in [6.07, 6.45) is 1.47. The van der Waals surface area contributed by atoms with Crippen LogP contribution in [0.4, 0.5) is 0 Å². The molecule has 1 aromatic carbocycles. The van der Waals surface area contributed by atoms with E-state index in [2.05, 4.69) is 10.2 Å². The fourth-order valence-corrected chi connectivity index (χ4v) is 1.46. The third-order valence-corrected chi connectivity index (χ3v) is 2.40. The Morgan fingerprint density at radius 1 is 1.23 bits per heavy atom. The first-order chi connectivity index (χ1) is 10.6. The summed E-state index contributed by atoms with van der Waals surface area (Å²) in [4.78, 5) is 11.8. The van der Waals surface area contributed by atoms with Crippen LogP contribution in [0.15, 0.2) is 52.1 Å². The van der Waals surface area contributed by atoms with Gasteiger partial charge in [0.15, 0.2) is 11.4 Å². The van der Waals surface area contributed by atoms with E-state index in [9.17, 15) is 9.90 Å². The first kappa shape index (κ1) is 17.2. The number of amidine groups is 1. The van der Waals surface area contributed by atoms with Crippen molar-refractivity contribution in [2.75, 3.05) is 13.2 Å². The average molecular weight is 305 g/mol. The lowest BCUT2D eigenvalue weighted by Gasteiger charge is -2.08. The summed E-state index contributed by atoms with van der Waals surface area (Å²) in [6.45, 7) is 3.58. The van der Waals surface area contributed by atoms with Crippen molar-refractivity contribution in [1.29, 1.82) is 0 Å². The lowest BCUT2D eigenvalue weighted by atomic mass is 10.2. The van der Waals surface area contributed by atoms with Crippen LogP contribution in [0, 0.1) is 0 Å². The van der Waals surface area contributed by atoms with Gasteiger partial charge >= 0.3 is 5.97 Å². The van der Waals surface area contributed by atoms with Crippen LogP contribution in [-0.2, 0) is 14.3 Å². The molecule has 0 aliphatic heterocycles. The zero-order valence-corrected chi connectivity index (χ0v) is 12.5. The van der Waals surface area contributed by atoms with Gasteiger partial charge in [0.2, 0.25) is 0 Å². The molecule has 118 valence electrons. The first-order valence-electron chi connectivity index (χ1n) is 6.75. The predicted octanol–water partition coefficient (Wildman–Crippen LogP) is 1.75. The number of carbonyl (C=O) groups excluding carboxylic acids is 1. The maximum atomic E-state index is 11.8. The Kier molecular flexibility index (Phi) is 7.18. The van der Waals surface area contributed by atoms with Gasteiger partial charge in [0.25, 0.3) is 5.95 Å². The molecule has 3 N–H and O–H groups in total. The van der Waals surface area contributed by atoms with Crippen LogP contribution >= 0.6 is 0 Å². The van der Waals surface area contributed by atoms with E-state index in [-0.39, 0.29) is 24.6 Å². The number of rotatable bonds is 7. The Balaban J connectivity index is 2.98. The van der Waals surface area contributed by atoms with Gasteiger partial charge < -0.3 is 20.3 Å². The molecule has 0 saturated heterocycles. The smallest absolute Gasteiger partial charge is 0.349 e. The van der Waals surface area contributed by atoms with Crippen molar-refractivity contribution in [2.24, 2.45) is 15.9 Å². The summed E-state index contributed by atoms with van der Waals surface area (Å²) < 4.78 is 9.69. The normalized spacial score (nSPS) is 12.9. The number of carbonyl (C=O) groups is 1. The van der Waals surface area contributed by atoms with Crippen molar-refractivity contribution in [2.45, 2.75) is 13.8 Å². The summed E-state index contributed by atoms with van der Waals surface area (Å²) in [5.74, 6) is -1.77. The van der Waals surface area contributed by atoms with Crippen LogP contribution in [0.3, 0.4) is 0 Å². The Labute approximate surface area is 128 Å². The summed E-state index contributed by atoms with van der Waals surface area (Å²) in [7, 11) is 0. The molecule has 0 aliphatic rings. The molecule has 0 saturated carbocycles. The van der Waals surface area contributed by atoms with Crippen molar-refractivity contribution >= 4 is 18.0 Å². The molecule has 0 unspecified atom stereocenters. The Bertz CT molecular complexity index is 580. The molecular formula is C15H19N3O4. The van der Waals surface area contributed by atoms with E-state index in [4.69, 9.17) is 15.2 Å². The zero-order chi connectivity index (χ0) is 16.4. The molecule has 7 heteroatoms. The molecular weight excluding hydrogens is 286 g/mol. The van der Waals surface area contributed by atoms with Crippen LogP contribution in [0.5, 0.6) is 0 Å². The monoisotopic (exact) mass is 305 g/mol. The summed E-state index contributed by atoms with van der Waals surface area (Å²) >= 11 is 0. The number of esters is 1.